The lowest BCUT2D eigenvalue weighted by molar-refractivity contribution is -0.336. The Morgan fingerprint density at radius 3 is 2.60 bits per heavy atom. The summed E-state index contributed by atoms with van der Waals surface area (Å²) in [6.07, 6.45) is 8.51. The van der Waals surface area contributed by atoms with Gasteiger partial charge in [-0.15, -0.1) is 0 Å². The van der Waals surface area contributed by atoms with Crippen molar-refractivity contribution >= 4 is 0 Å². The first-order valence-corrected chi connectivity index (χ1v) is 6.45. The van der Waals surface area contributed by atoms with E-state index in [9.17, 15) is 0 Å². The van der Waals surface area contributed by atoms with Crippen LogP contribution in [0.4, 0.5) is 0 Å². The quantitative estimate of drug-likeness (QED) is 0.660. The zero-order chi connectivity index (χ0) is 10.9. The number of hydrogen-bond donors (Lipinski definition) is 0. The highest BCUT2D eigenvalue weighted by molar-refractivity contribution is 4.88. The van der Waals surface area contributed by atoms with E-state index in [4.69, 9.17) is 9.47 Å². The maximum absolute atomic E-state index is 6.30. The van der Waals surface area contributed by atoms with Crippen LogP contribution in [0.25, 0.3) is 0 Å². The summed E-state index contributed by atoms with van der Waals surface area (Å²) in [6.45, 7) is 6.62. The molecule has 2 fully saturated rings. The van der Waals surface area contributed by atoms with E-state index < -0.39 is 0 Å². The third-order valence-electron chi connectivity index (χ3n) is 4.03. The van der Waals surface area contributed by atoms with Crippen molar-refractivity contribution in [3.8, 4) is 0 Å². The average molecular weight is 212 g/mol. The molecule has 1 spiro atoms. The number of hydrogen-bond acceptors (Lipinski definition) is 2. The molecule has 3 atom stereocenters. The van der Waals surface area contributed by atoms with E-state index >= 15 is 0 Å². The van der Waals surface area contributed by atoms with Gasteiger partial charge in [-0.1, -0.05) is 6.92 Å². The average Bonchev–Trinajstić information content (AvgIpc) is 2.17. The first-order valence-electron chi connectivity index (χ1n) is 6.45. The molecular formula is C13H24O2. The minimum atomic E-state index is -0.235. The molecule has 2 aliphatic heterocycles. The molecule has 0 radical (unpaired) electrons. The second kappa shape index (κ2) is 4.06. The van der Waals surface area contributed by atoms with Gasteiger partial charge >= 0.3 is 0 Å². The first-order chi connectivity index (χ1) is 7.08. The van der Waals surface area contributed by atoms with Crippen LogP contribution in [-0.2, 0) is 9.47 Å². The molecule has 2 nitrogen and oxygen atoms in total. The fourth-order valence-corrected chi connectivity index (χ4v) is 2.93. The van der Waals surface area contributed by atoms with Gasteiger partial charge in [0.05, 0.1) is 11.7 Å². The molecule has 0 bridgehead atoms. The van der Waals surface area contributed by atoms with Gasteiger partial charge in [0.1, 0.15) is 0 Å². The summed E-state index contributed by atoms with van der Waals surface area (Å²) < 4.78 is 12.4. The maximum atomic E-state index is 6.30. The summed E-state index contributed by atoms with van der Waals surface area (Å²) in [4.78, 5) is 0. The minimum Gasteiger partial charge on any atom is -0.347 e. The monoisotopic (exact) mass is 212 g/mol. The van der Waals surface area contributed by atoms with Gasteiger partial charge in [0.2, 0.25) is 0 Å². The third kappa shape index (κ3) is 2.36. The SMILES string of the molecule is CC[C@@]1(C)CCC[C@@]2(CCC[C@H](C)O2)O1. The Hall–Kier alpha value is -0.0800. The Kier molecular flexibility index (Phi) is 3.09. The summed E-state index contributed by atoms with van der Waals surface area (Å²) in [5, 5.41) is 0. The molecule has 2 heteroatoms. The van der Waals surface area contributed by atoms with Gasteiger partial charge in [-0.3, -0.25) is 0 Å². The van der Waals surface area contributed by atoms with E-state index in [1.165, 1.54) is 25.7 Å². The summed E-state index contributed by atoms with van der Waals surface area (Å²) in [5.41, 5.74) is 0.0509. The van der Waals surface area contributed by atoms with Crippen LogP contribution in [0.3, 0.4) is 0 Å². The zero-order valence-corrected chi connectivity index (χ0v) is 10.3. The molecular weight excluding hydrogens is 188 g/mol. The van der Waals surface area contributed by atoms with Gasteiger partial charge in [-0.05, 0) is 46.0 Å². The molecule has 2 heterocycles. The zero-order valence-electron chi connectivity index (χ0n) is 10.3. The molecule has 0 N–H and O–H groups in total. The van der Waals surface area contributed by atoms with Crippen molar-refractivity contribution in [3.05, 3.63) is 0 Å². The number of rotatable bonds is 1. The number of ether oxygens (including phenoxy) is 2. The molecule has 0 aromatic rings. The van der Waals surface area contributed by atoms with Crippen LogP contribution in [0, 0.1) is 0 Å². The molecule has 2 rings (SSSR count). The van der Waals surface area contributed by atoms with Gasteiger partial charge in [0.25, 0.3) is 0 Å². The van der Waals surface area contributed by atoms with Gasteiger partial charge in [0, 0.05) is 12.8 Å². The van der Waals surface area contributed by atoms with Gasteiger partial charge in [-0.25, -0.2) is 0 Å². The Labute approximate surface area is 93.3 Å². The van der Waals surface area contributed by atoms with Crippen LogP contribution in [0.15, 0.2) is 0 Å². The lowest BCUT2D eigenvalue weighted by Crippen LogP contribution is -2.51. The molecule has 0 aromatic carbocycles. The van der Waals surface area contributed by atoms with E-state index in [1.54, 1.807) is 0 Å². The normalized spacial score (nSPS) is 47.0. The van der Waals surface area contributed by atoms with Crippen molar-refractivity contribution in [1.82, 2.24) is 0 Å². The van der Waals surface area contributed by atoms with Crippen LogP contribution in [0.5, 0.6) is 0 Å². The third-order valence-corrected chi connectivity index (χ3v) is 4.03. The van der Waals surface area contributed by atoms with Gasteiger partial charge in [-0.2, -0.15) is 0 Å². The molecule has 0 aromatic heterocycles. The molecule has 2 aliphatic rings. The Morgan fingerprint density at radius 2 is 1.93 bits per heavy atom. The molecule has 0 unspecified atom stereocenters. The van der Waals surface area contributed by atoms with Crippen LogP contribution < -0.4 is 0 Å². The minimum absolute atomic E-state index is 0.0509. The summed E-state index contributed by atoms with van der Waals surface area (Å²) in [7, 11) is 0. The lowest BCUT2D eigenvalue weighted by atomic mass is 9.86. The van der Waals surface area contributed by atoms with E-state index in [-0.39, 0.29) is 11.4 Å². The van der Waals surface area contributed by atoms with Gasteiger partial charge < -0.3 is 9.47 Å². The van der Waals surface area contributed by atoms with Crippen LogP contribution in [-0.4, -0.2) is 17.5 Å². The van der Waals surface area contributed by atoms with E-state index in [1.807, 2.05) is 0 Å². The highest BCUT2D eigenvalue weighted by Gasteiger charge is 2.45. The van der Waals surface area contributed by atoms with Crippen molar-refractivity contribution in [2.45, 2.75) is 83.2 Å². The van der Waals surface area contributed by atoms with Crippen molar-refractivity contribution in [2.75, 3.05) is 0 Å². The van der Waals surface area contributed by atoms with E-state index in [0.717, 1.165) is 19.3 Å². The van der Waals surface area contributed by atoms with E-state index in [0.29, 0.717) is 6.10 Å². The lowest BCUT2D eigenvalue weighted by Gasteiger charge is -2.49. The largest absolute Gasteiger partial charge is 0.347 e. The Bertz CT molecular complexity index is 225. The molecule has 88 valence electrons. The van der Waals surface area contributed by atoms with Crippen LogP contribution >= 0.6 is 0 Å². The fourth-order valence-electron chi connectivity index (χ4n) is 2.93. The van der Waals surface area contributed by atoms with Crippen LogP contribution in [0.2, 0.25) is 0 Å². The molecule has 0 saturated carbocycles. The second-order valence-electron chi connectivity index (χ2n) is 5.49. The van der Waals surface area contributed by atoms with Crippen LogP contribution in [0.1, 0.15) is 65.7 Å². The van der Waals surface area contributed by atoms with Crippen molar-refractivity contribution < 1.29 is 9.47 Å². The van der Waals surface area contributed by atoms with Crippen molar-refractivity contribution in [2.24, 2.45) is 0 Å². The first kappa shape index (κ1) is 11.4. The van der Waals surface area contributed by atoms with Gasteiger partial charge in [0.15, 0.2) is 5.79 Å². The maximum Gasteiger partial charge on any atom is 0.169 e. The summed E-state index contributed by atoms with van der Waals surface area (Å²) in [5.74, 6) is -0.235. The van der Waals surface area contributed by atoms with E-state index in [2.05, 4.69) is 20.8 Å². The Balaban J connectivity index is 2.07. The smallest absolute Gasteiger partial charge is 0.169 e. The fraction of sp³-hybridized carbons (Fsp3) is 1.00. The second-order valence-corrected chi connectivity index (χ2v) is 5.49. The standard InChI is InChI=1S/C13H24O2/c1-4-12(3)8-6-10-13(15-12)9-5-7-11(2)14-13/h11H,4-10H2,1-3H3/t11-,12-,13+/m0/s1. The summed E-state index contributed by atoms with van der Waals surface area (Å²) >= 11 is 0. The van der Waals surface area contributed by atoms with Crippen molar-refractivity contribution in [1.29, 1.82) is 0 Å². The summed E-state index contributed by atoms with van der Waals surface area (Å²) in [6, 6.07) is 0. The highest BCUT2D eigenvalue weighted by atomic mass is 16.7. The predicted octanol–water partition coefficient (Wildman–Crippen LogP) is 3.64. The highest BCUT2D eigenvalue weighted by Crippen LogP contribution is 2.43. The topological polar surface area (TPSA) is 18.5 Å². The molecule has 2 saturated heterocycles. The predicted molar refractivity (Wildman–Crippen MR) is 60.8 cm³/mol. The Morgan fingerprint density at radius 1 is 1.20 bits per heavy atom. The molecule has 0 amide bonds. The van der Waals surface area contributed by atoms with Crippen molar-refractivity contribution in [3.63, 3.8) is 0 Å². The molecule has 0 aliphatic carbocycles. The molecule has 15 heavy (non-hydrogen) atoms.